The van der Waals surface area contributed by atoms with E-state index < -0.39 is 35.3 Å². The van der Waals surface area contributed by atoms with Crippen LogP contribution >= 0.6 is 0 Å². The van der Waals surface area contributed by atoms with Crippen LogP contribution in [0.25, 0.3) is 16.8 Å². The fraction of sp³-hybridized carbons (Fsp3) is 0.321. The van der Waals surface area contributed by atoms with Gasteiger partial charge in [-0.15, -0.1) is 0 Å². The summed E-state index contributed by atoms with van der Waals surface area (Å²) in [6, 6.07) is 6.01. The third-order valence-electron chi connectivity index (χ3n) is 7.33. The van der Waals surface area contributed by atoms with Crippen molar-refractivity contribution in [3.8, 4) is 17.0 Å². The van der Waals surface area contributed by atoms with Gasteiger partial charge in [-0.2, -0.15) is 13.2 Å². The van der Waals surface area contributed by atoms with Crippen LogP contribution in [0, 0.1) is 0 Å². The number of nitrogens with one attached hydrogen (secondary N) is 1. The molecule has 0 saturated carbocycles. The summed E-state index contributed by atoms with van der Waals surface area (Å²) < 4.78 is 52.6. The van der Waals surface area contributed by atoms with Gasteiger partial charge in [-0.25, -0.2) is 15.0 Å². The first-order valence-electron chi connectivity index (χ1n) is 13.1. The fourth-order valence-corrected chi connectivity index (χ4v) is 4.84. The van der Waals surface area contributed by atoms with Crippen LogP contribution in [-0.2, 0) is 15.7 Å². The number of carboxylic acid groups (broad SMARTS) is 1. The Bertz CT molecular complexity index is 1710. The highest BCUT2D eigenvalue weighted by Crippen LogP contribution is 2.38. The number of carbonyl (C=O) groups is 2. The fourth-order valence-electron chi connectivity index (χ4n) is 4.84. The number of nitrogens with zero attached hydrogens (tertiary/aromatic N) is 5. The number of benzene rings is 1. The lowest BCUT2D eigenvalue weighted by Gasteiger charge is -2.40. The summed E-state index contributed by atoms with van der Waals surface area (Å²) in [4.78, 5) is 39.5. The van der Waals surface area contributed by atoms with E-state index in [1.807, 2.05) is 4.90 Å². The highest BCUT2D eigenvalue weighted by atomic mass is 19.4. The van der Waals surface area contributed by atoms with E-state index in [-0.39, 0.29) is 36.1 Å². The minimum absolute atomic E-state index is 0.0943. The van der Waals surface area contributed by atoms with E-state index in [1.165, 1.54) is 25.4 Å². The highest BCUT2D eigenvalue weighted by molar-refractivity contribution is 6.04. The molecule has 4 N–H and O–H groups in total. The monoisotopic (exact) mass is 599 g/mol. The second kappa shape index (κ2) is 11.1. The SMILES string of the molecule is COc1cc(C(=O)Nc2cc(C(F)(F)F)ccn2)ccc1-c1nc([C@H]2CN(C(C)(C)C(=O)O)CCO2)n2ccnc(N)c12. The van der Waals surface area contributed by atoms with Gasteiger partial charge in [-0.3, -0.25) is 18.9 Å². The number of rotatable bonds is 7. The number of methoxy groups -OCH3 is 1. The van der Waals surface area contributed by atoms with Gasteiger partial charge in [0.05, 0.1) is 19.3 Å². The van der Waals surface area contributed by atoms with Crippen LogP contribution in [-0.4, -0.2) is 73.6 Å². The van der Waals surface area contributed by atoms with Crippen molar-refractivity contribution >= 4 is 29.0 Å². The van der Waals surface area contributed by atoms with E-state index in [9.17, 15) is 27.9 Å². The quantitative estimate of drug-likeness (QED) is 0.285. The molecule has 15 heteroatoms. The Kier molecular flexibility index (Phi) is 7.70. The summed E-state index contributed by atoms with van der Waals surface area (Å²) in [7, 11) is 1.39. The van der Waals surface area contributed by atoms with Gasteiger partial charge in [0.2, 0.25) is 0 Å². The zero-order valence-corrected chi connectivity index (χ0v) is 23.3. The topological polar surface area (TPSA) is 157 Å². The number of amides is 1. The average molecular weight is 600 g/mol. The molecule has 43 heavy (non-hydrogen) atoms. The standard InChI is InChI=1S/C28H28F3N7O5/c1-27(2,26(40)41)37-10-11-43-19(14-37)24-36-21(22-23(32)34-8-9-38(22)24)17-5-4-15(12-18(17)42-3)25(39)35-20-13-16(6-7-33-20)28(29,30)31/h4-9,12-13,19H,10-11,14H2,1-3H3,(H2,32,34)(H,40,41)(H,33,35,39)/t19-/m1/s1. The van der Waals surface area contributed by atoms with Gasteiger partial charge in [0.25, 0.3) is 5.91 Å². The molecule has 1 fully saturated rings. The summed E-state index contributed by atoms with van der Waals surface area (Å²) in [6.07, 6.45) is -1.07. The Morgan fingerprint density at radius 2 is 1.93 bits per heavy atom. The molecule has 0 bridgehead atoms. The van der Waals surface area contributed by atoms with Crippen molar-refractivity contribution in [2.45, 2.75) is 31.7 Å². The molecule has 1 atom stereocenters. The van der Waals surface area contributed by atoms with Gasteiger partial charge >= 0.3 is 12.1 Å². The summed E-state index contributed by atoms with van der Waals surface area (Å²) in [5, 5.41) is 12.1. The number of aromatic nitrogens is 4. The number of imidazole rings is 1. The number of alkyl halides is 3. The van der Waals surface area contributed by atoms with Crippen LogP contribution in [0.15, 0.2) is 48.9 Å². The van der Waals surface area contributed by atoms with Crippen molar-refractivity contribution in [3.63, 3.8) is 0 Å². The first-order chi connectivity index (χ1) is 20.3. The highest BCUT2D eigenvalue weighted by Gasteiger charge is 2.39. The van der Waals surface area contributed by atoms with Crippen molar-refractivity contribution in [1.29, 1.82) is 0 Å². The Labute approximate surface area is 243 Å². The number of ether oxygens (including phenoxy) is 2. The number of fused-ring (bicyclic) bond motifs is 1. The Morgan fingerprint density at radius 1 is 1.16 bits per heavy atom. The maximum absolute atomic E-state index is 13.1. The van der Waals surface area contributed by atoms with Gasteiger partial charge in [-0.05, 0) is 44.2 Å². The number of nitrogens with two attached hydrogens (primary N) is 1. The van der Waals surface area contributed by atoms with Crippen molar-refractivity contribution in [1.82, 2.24) is 24.3 Å². The van der Waals surface area contributed by atoms with Gasteiger partial charge in [0.1, 0.15) is 46.1 Å². The zero-order chi connectivity index (χ0) is 31.1. The smallest absolute Gasteiger partial charge is 0.416 e. The first-order valence-corrected chi connectivity index (χ1v) is 13.1. The Balaban J connectivity index is 1.50. The molecular weight excluding hydrogens is 571 g/mol. The van der Waals surface area contributed by atoms with Crippen LogP contribution < -0.4 is 15.8 Å². The molecule has 3 aromatic heterocycles. The normalized spacial score (nSPS) is 16.3. The molecule has 1 aliphatic heterocycles. The van der Waals surface area contributed by atoms with Gasteiger partial charge < -0.3 is 25.6 Å². The minimum atomic E-state index is -4.59. The number of anilines is 2. The summed E-state index contributed by atoms with van der Waals surface area (Å²) in [5.41, 5.74) is 5.57. The van der Waals surface area contributed by atoms with Crippen molar-refractivity contribution in [2.75, 3.05) is 37.9 Å². The largest absolute Gasteiger partial charge is 0.496 e. The number of aliphatic carboxylic acids is 1. The zero-order valence-electron chi connectivity index (χ0n) is 23.3. The molecule has 226 valence electrons. The van der Waals surface area contributed by atoms with Gasteiger partial charge in [0, 0.05) is 42.8 Å². The molecule has 1 aromatic carbocycles. The van der Waals surface area contributed by atoms with Crippen molar-refractivity contribution in [3.05, 3.63) is 65.9 Å². The molecule has 0 unspecified atom stereocenters. The van der Waals surface area contributed by atoms with Gasteiger partial charge in [0.15, 0.2) is 0 Å². The maximum Gasteiger partial charge on any atom is 0.416 e. The molecule has 5 rings (SSSR count). The number of carboxylic acids is 1. The van der Waals surface area contributed by atoms with E-state index in [2.05, 4.69) is 15.3 Å². The van der Waals surface area contributed by atoms with Gasteiger partial charge in [-0.1, -0.05) is 0 Å². The first kappa shape index (κ1) is 29.7. The number of carbonyl (C=O) groups excluding carboxylic acids is 1. The maximum atomic E-state index is 13.1. The third kappa shape index (κ3) is 5.68. The van der Waals surface area contributed by atoms with Crippen LogP contribution in [0.5, 0.6) is 5.75 Å². The van der Waals surface area contributed by atoms with E-state index in [0.717, 1.165) is 18.3 Å². The van der Waals surface area contributed by atoms with E-state index >= 15 is 0 Å². The van der Waals surface area contributed by atoms with E-state index in [0.29, 0.717) is 29.1 Å². The number of hydrogen-bond donors (Lipinski definition) is 3. The third-order valence-corrected chi connectivity index (χ3v) is 7.33. The minimum Gasteiger partial charge on any atom is -0.496 e. The van der Waals surface area contributed by atoms with Crippen LogP contribution in [0.1, 0.15) is 41.7 Å². The second-order valence-electron chi connectivity index (χ2n) is 10.3. The summed E-state index contributed by atoms with van der Waals surface area (Å²) >= 11 is 0. The number of halogens is 3. The Hall–Kier alpha value is -4.76. The molecule has 0 spiro atoms. The molecule has 4 aromatic rings. The number of nitrogen functional groups attached to an aromatic ring is 1. The van der Waals surface area contributed by atoms with Crippen molar-refractivity contribution in [2.24, 2.45) is 0 Å². The number of morpholine rings is 1. The number of pyridine rings is 1. The lowest BCUT2D eigenvalue weighted by atomic mass is 10.0. The lowest BCUT2D eigenvalue weighted by molar-refractivity contribution is -0.155. The molecule has 0 radical (unpaired) electrons. The molecule has 0 aliphatic carbocycles. The second-order valence-corrected chi connectivity index (χ2v) is 10.3. The van der Waals surface area contributed by atoms with Crippen LogP contribution in [0.2, 0.25) is 0 Å². The molecule has 12 nitrogen and oxygen atoms in total. The van der Waals surface area contributed by atoms with Crippen molar-refractivity contribution < 1.29 is 37.3 Å². The predicted molar refractivity (Wildman–Crippen MR) is 149 cm³/mol. The summed E-state index contributed by atoms with van der Waals surface area (Å²) in [5.74, 6) is -1.08. The average Bonchev–Trinajstić information content (AvgIpc) is 3.37. The number of hydrogen-bond acceptors (Lipinski definition) is 9. The molecule has 1 saturated heterocycles. The molecule has 1 amide bonds. The van der Waals surface area contributed by atoms with E-state index in [4.69, 9.17) is 20.2 Å². The lowest BCUT2D eigenvalue weighted by Crippen LogP contribution is -2.55. The Morgan fingerprint density at radius 3 is 2.63 bits per heavy atom. The summed E-state index contributed by atoms with van der Waals surface area (Å²) in [6.45, 7) is 4.20. The molecular formula is C28H28F3N7O5. The van der Waals surface area contributed by atoms with Crippen LogP contribution in [0.3, 0.4) is 0 Å². The molecule has 4 heterocycles. The van der Waals surface area contributed by atoms with Crippen LogP contribution in [0.4, 0.5) is 24.8 Å². The molecule has 1 aliphatic rings. The van der Waals surface area contributed by atoms with E-state index in [1.54, 1.807) is 30.5 Å². The predicted octanol–water partition coefficient (Wildman–Crippen LogP) is 3.89.